The minimum absolute atomic E-state index is 0.0500. The van der Waals surface area contributed by atoms with E-state index in [9.17, 15) is 13.2 Å². The molecule has 2 rings (SSSR count). The third-order valence-corrected chi connectivity index (χ3v) is 2.32. The van der Waals surface area contributed by atoms with Gasteiger partial charge in [-0.25, -0.2) is 0 Å². The first kappa shape index (κ1) is 12.2. The van der Waals surface area contributed by atoms with E-state index in [4.69, 9.17) is 0 Å². The van der Waals surface area contributed by atoms with Gasteiger partial charge in [-0.1, -0.05) is 48.5 Å². The van der Waals surface area contributed by atoms with Gasteiger partial charge in [-0.3, -0.25) is 0 Å². The maximum atomic E-state index is 12.8. The van der Waals surface area contributed by atoms with E-state index in [2.05, 4.69) is 4.74 Å². The molecule has 0 aliphatic carbocycles. The molecule has 0 saturated heterocycles. The van der Waals surface area contributed by atoms with E-state index >= 15 is 0 Å². The Balaban J connectivity index is 2.41. The van der Waals surface area contributed by atoms with Crippen LogP contribution in [0.4, 0.5) is 13.2 Å². The second-order valence-corrected chi connectivity index (χ2v) is 3.50. The number of hydrogen-bond acceptors (Lipinski definition) is 1. The third-order valence-electron chi connectivity index (χ3n) is 2.32. The first-order chi connectivity index (χ1) is 8.68. The van der Waals surface area contributed by atoms with Gasteiger partial charge in [0.2, 0.25) is 0 Å². The Kier molecular flexibility index (Phi) is 3.67. The molecule has 0 bridgehead atoms. The zero-order chi connectivity index (χ0) is 13.0. The molecule has 0 radical (unpaired) electrons. The smallest absolute Gasteiger partial charge is 0.344 e. The molecule has 18 heavy (non-hydrogen) atoms. The number of rotatable bonds is 3. The minimum Gasteiger partial charge on any atom is -0.427 e. The van der Waals surface area contributed by atoms with Crippen LogP contribution in [0.5, 0.6) is 5.75 Å². The summed E-state index contributed by atoms with van der Waals surface area (Å²) in [5, 5.41) is 0. The van der Waals surface area contributed by atoms with Gasteiger partial charge in [0.05, 0.1) is 0 Å². The van der Waals surface area contributed by atoms with Gasteiger partial charge in [-0.15, -0.1) is 0 Å². The van der Waals surface area contributed by atoms with Crippen molar-refractivity contribution in [2.75, 3.05) is 0 Å². The van der Waals surface area contributed by atoms with Crippen molar-refractivity contribution < 1.29 is 17.9 Å². The van der Waals surface area contributed by atoms with Crippen molar-refractivity contribution in [3.05, 3.63) is 66.7 Å². The lowest BCUT2D eigenvalue weighted by atomic mass is 10.1. The Morgan fingerprint density at radius 3 is 2.06 bits per heavy atom. The Morgan fingerprint density at radius 1 is 0.778 bits per heavy atom. The van der Waals surface area contributed by atoms with Crippen LogP contribution in [-0.4, -0.2) is 0 Å². The molecule has 1 nitrogen and oxygen atoms in total. The van der Waals surface area contributed by atoms with E-state index in [-0.39, 0.29) is 5.75 Å². The SMILES string of the molecule is FC(F)=C(F)Oc1ccccc1-c1ccccc1. The van der Waals surface area contributed by atoms with Crippen LogP contribution in [0.3, 0.4) is 0 Å². The monoisotopic (exact) mass is 250 g/mol. The fraction of sp³-hybridized carbons (Fsp3) is 0. The van der Waals surface area contributed by atoms with Crippen molar-refractivity contribution in [3.63, 3.8) is 0 Å². The Morgan fingerprint density at radius 2 is 1.39 bits per heavy atom. The van der Waals surface area contributed by atoms with Crippen molar-refractivity contribution in [1.29, 1.82) is 0 Å². The molecule has 0 saturated carbocycles. The van der Waals surface area contributed by atoms with E-state index in [1.54, 1.807) is 42.5 Å². The molecule has 4 heteroatoms. The number of benzene rings is 2. The predicted octanol–water partition coefficient (Wildman–Crippen LogP) is 4.77. The lowest BCUT2D eigenvalue weighted by Gasteiger charge is -2.09. The van der Waals surface area contributed by atoms with Crippen molar-refractivity contribution >= 4 is 0 Å². The molecule has 0 N–H and O–H groups in total. The second-order valence-electron chi connectivity index (χ2n) is 3.50. The second kappa shape index (κ2) is 5.40. The summed E-state index contributed by atoms with van der Waals surface area (Å²) in [6.07, 6.45) is -2.47. The molecule has 2 aromatic carbocycles. The van der Waals surface area contributed by atoms with E-state index in [1.165, 1.54) is 6.07 Å². The lowest BCUT2D eigenvalue weighted by molar-refractivity contribution is 0.242. The highest BCUT2D eigenvalue weighted by atomic mass is 19.3. The van der Waals surface area contributed by atoms with E-state index in [1.807, 2.05) is 6.07 Å². The average molecular weight is 250 g/mol. The molecule has 0 unspecified atom stereocenters. The van der Waals surface area contributed by atoms with Crippen LogP contribution in [0.15, 0.2) is 66.7 Å². The lowest BCUT2D eigenvalue weighted by Crippen LogP contribution is -1.93. The van der Waals surface area contributed by atoms with Crippen LogP contribution < -0.4 is 4.74 Å². The fourth-order valence-electron chi connectivity index (χ4n) is 1.55. The topological polar surface area (TPSA) is 9.23 Å². The molecular weight excluding hydrogens is 241 g/mol. The Bertz CT molecular complexity index is 560. The summed E-state index contributed by atoms with van der Waals surface area (Å²) >= 11 is 0. The summed E-state index contributed by atoms with van der Waals surface area (Å²) in [6.45, 7) is 0. The van der Waals surface area contributed by atoms with Crippen LogP contribution in [0.1, 0.15) is 0 Å². The summed E-state index contributed by atoms with van der Waals surface area (Å²) in [4.78, 5) is 0. The third kappa shape index (κ3) is 2.71. The first-order valence-electron chi connectivity index (χ1n) is 5.21. The molecule has 0 amide bonds. The number of para-hydroxylation sites is 1. The zero-order valence-corrected chi connectivity index (χ0v) is 9.24. The van der Waals surface area contributed by atoms with E-state index in [0.29, 0.717) is 5.56 Å². The molecule has 0 heterocycles. The summed E-state index contributed by atoms with van der Waals surface area (Å²) < 4.78 is 41.4. The van der Waals surface area contributed by atoms with Gasteiger partial charge in [-0.2, -0.15) is 13.2 Å². The van der Waals surface area contributed by atoms with Gasteiger partial charge in [-0.05, 0) is 11.6 Å². The zero-order valence-electron chi connectivity index (χ0n) is 9.24. The van der Waals surface area contributed by atoms with Gasteiger partial charge in [0, 0.05) is 5.56 Å². The normalized spacial score (nSPS) is 9.94. The maximum absolute atomic E-state index is 12.8. The van der Waals surface area contributed by atoms with Crippen LogP contribution >= 0.6 is 0 Å². The van der Waals surface area contributed by atoms with Gasteiger partial charge < -0.3 is 4.74 Å². The summed E-state index contributed by atoms with van der Waals surface area (Å²) in [7, 11) is 0. The van der Waals surface area contributed by atoms with Gasteiger partial charge in [0.1, 0.15) is 5.75 Å². The highest BCUT2D eigenvalue weighted by molar-refractivity contribution is 5.70. The Labute approximate surface area is 102 Å². The van der Waals surface area contributed by atoms with Gasteiger partial charge >= 0.3 is 12.1 Å². The molecule has 0 fully saturated rings. The number of ether oxygens (including phenoxy) is 1. The van der Waals surface area contributed by atoms with Crippen LogP contribution in [0.25, 0.3) is 11.1 Å². The number of hydrogen-bond donors (Lipinski definition) is 0. The van der Waals surface area contributed by atoms with Crippen LogP contribution in [0.2, 0.25) is 0 Å². The molecule has 0 aliphatic heterocycles. The summed E-state index contributed by atoms with van der Waals surface area (Å²) in [5.41, 5.74) is 1.31. The quantitative estimate of drug-likeness (QED) is 0.713. The Hall–Kier alpha value is -2.23. The summed E-state index contributed by atoms with van der Waals surface area (Å²) in [6, 6.07) is 13.5. The summed E-state index contributed by atoms with van der Waals surface area (Å²) in [5.74, 6) is 0.0500. The molecular formula is C14H9F3O. The van der Waals surface area contributed by atoms with Crippen molar-refractivity contribution in [3.8, 4) is 16.9 Å². The number of halogens is 3. The van der Waals surface area contributed by atoms with Crippen LogP contribution in [-0.2, 0) is 0 Å². The molecule has 92 valence electrons. The van der Waals surface area contributed by atoms with Crippen LogP contribution in [0, 0.1) is 0 Å². The van der Waals surface area contributed by atoms with Crippen molar-refractivity contribution in [2.45, 2.75) is 0 Å². The van der Waals surface area contributed by atoms with Gasteiger partial charge in [0.25, 0.3) is 0 Å². The molecule has 2 aromatic rings. The fourth-order valence-corrected chi connectivity index (χ4v) is 1.55. The largest absolute Gasteiger partial charge is 0.427 e. The highest BCUT2D eigenvalue weighted by Crippen LogP contribution is 2.31. The van der Waals surface area contributed by atoms with Crippen molar-refractivity contribution in [2.24, 2.45) is 0 Å². The molecule has 0 atom stereocenters. The highest BCUT2D eigenvalue weighted by Gasteiger charge is 2.11. The molecule has 0 spiro atoms. The molecule has 0 aromatic heterocycles. The maximum Gasteiger partial charge on any atom is 0.344 e. The standard InChI is InChI=1S/C14H9F3O/c15-13(16)14(17)18-12-9-5-4-8-11(12)10-6-2-1-3-7-10/h1-9H. The minimum atomic E-state index is -2.47. The average Bonchev–Trinajstić information content (AvgIpc) is 2.40. The van der Waals surface area contributed by atoms with E-state index < -0.39 is 12.1 Å². The first-order valence-corrected chi connectivity index (χ1v) is 5.21. The predicted molar refractivity (Wildman–Crippen MR) is 62.9 cm³/mol. The van der Waals surface area contributed by atoms with Crippen molar-refractivity contribution in [1.82, 2.24) is 0 Å². The van der Waals surface area contributed by atoms with E-state index in [0.717, 1.165) is 5.56 Å². The molecule has 0 aliphatic rings. The van der Waals surface area contributed by atoms with Gasteiger partial charge in [0.15, 0.2) is 0 Å².